The van der Waals surface area contributed by atoms with Crippen LogP contribution in [-0.2, 0) is 11.2 Å². The molecule has 0 bridgehead atoms. The largest absolute Gasteiger partial charge is 0.481 e. The van der Waals surface area contributed by atoms with E-state index in [-0.39, 0.29) is 6.42 Å². The lowest BCUT2D eigenvalue weighted by Crippen LogP contribution is -2.30. The highest BCUT2D eigenvalue weighted by Crippen LogP contribution is 2.41. The fourth-order valence-corrected chi connectivity index (χ4v) is 2.56. The lowest BCUT2D eigenvalue weighted by Gasteiger charge is -2.23. The highest BCUT2D eigenvalue weighted by Gasteiger charge is 2.41. The molecule has 0 aromatic heterocycles. The number of hydrogen-bond acceptors (Lipinski definition) is 1. The average Bonchev–Trinajstić information content (AvgIpc) is 2.73. The number of hydrogen-bond donors (Lipinski definition) is 1. The van der Waals surface area contributed by atoms with E-state index in [4.69, 9.17) is 0 Å². The molecule has 4 heteroatoms. The fraction of sp³-hybridized carbons (Fsp3) is 0.462. The Labute approximate surface area is 98.3 Å². The Morgan fingerprint density at radius 1 is 1.24 bits per heavy atom. The Hall–Kier alpha value is -1.45. The van der Waals surface area contributed by atoms with Gasteiger partial charge in [-0.25, -0.2) is 8.78 Å². The first-order valence-corrected chi connectivity index (χ1v) is 5.71. The number of halogens is 2. The van der Waals surface area contributed by atoms with Gasteiger partial charge in [0.2, 0.25) is 0 Å². The zero-order chi connectivity index (χ0) is 12.5. The molecular formula is C13H14F2O2. The summed E-state index contributed by atoms with van der Waals surface area (Å²) >= 11 is 0. The van der Waals surface area contributed by atoms with E-state index >= 15 is 0 Å². The van der Waals surface area contributed by atoms with Gasteiger partial charge >= 0.3 is 5.97 Å². The molecule has 0 atom stereocenters. The lowest BCUT2D eigenvalue weighted by atomic mass is 9.80. The summed E-state index contributed by atoms with van der Waals surface area (Å²) in [7, 11) is 0. The second-order valence-electron chi connectivity index (χ2n) is 4.72. The fourth-order valence-electron chi connectivity index (χ4n) is 2.56. The van der Waals surface area contributed by atoms with Gasteiger partial charge in [0.15, 0.2) is 11.6 Å². The molecule has 1 fully saturated rings. The van der Waals surface area contributed by atoms with Crippen molar-refractivity contribution < 1.29 is 18.7 Å². The van der Waals surface area contributed by atoms with Crippen LogP contribution in [-0.4, -0.2) is 11.1 Å². The third-order valence-electron chi connectivity index (χ3n) is 3.54. The third-order valence-corrected chi connectivity index (χ3v) is 3.54. The Morgan fingerprint density at radius 2 is 1.88 bits per heavy atom. The first kappa shape index (κ1) is 12.0. The molecule has 1 aromatic rings. The molecule has 0 amide bonds. The van der Waals surface area contributed by atoms with Crippen LogP contribution in [0.25, 0.3) is 0 Å². The van der Waals surface area contributed by atoms with Crippen molar-refractivity contribution in [1.82, 2.24) is 0 Å². The van der Waals surface area contributed by atoms with Crippen LogP contribution in [0.1, 0.15) is 31.2 Å². The maximum absolute atomic E-state index is 13.1. The van der Waals surface area contributed by atoms with Crippen molar-refractivity contribution in [2.24, 2.45) is 5.41 Å². The zero-order valence-electron chi connectivity index (χ0n) is 9.38. The minimum atomic E-state index is -0.916. The molecule has 0 radical (unpaired) electrons. The summed E-state index contributed by atoms with van der Waals surface area (Å²) in [5.41, 5.74) is -0.238. The highest BCUT2D eigenvalue weighted by atomic mass is 19.2. The molecule has 0 saturated heterocycles. The summed E-state index contributed by atoms with van der Waals surface area (Å²) in [5, 5.41) is 9.28. The van der Waals surface area contributed by atoms with E-state index in [0.717, 1.165) is 25.0 Å². The van der Waals surface area contributed by atoms with Crippen molar-refractivity contribution in [3.05, 3.63) is 35.4 Å². The van der Waals surface area contributed by atoms with Crippen LogP contribution in [0, 0.1) is 17.0 Å². The predicted molar refractivity (Wildman–Crippen MR) is 58.6 cm³/mol. The van der Waals surface area contributed by atoms with Gasteiger partial charge in [-0.2, -0.15) is 0 Å². The Kier molecular flexibility index (Phi) is 3.13. The molecule has 0 unspecified atom stereocenters. The van der Waals surface area contributed by atoms with Crippen molar-refractivity contribution in [3.63, 3.8) is 0 Å². The first-order chi connectivity index (χ1) is 8.03. The molecule has 2 nitrogen and oxygen atoms in total. The number of aliphatic carboxylic acids is 1. The number of carboxylic acids is 1. The van der Waals surface area contributed by atoms with Gasteiger partial charge in [-0.3, -0.25) is 4.79 Å². The maximum Gasteiger partial charge on any atom is 0.309 e. The van der Waals surface area contributed by atoms with Crippen molar-refractivity contribution in [2.75, 3.05) is 0 Å². The summed E-state index contributed by atoms with van der Waals surface area (Å²) in [6, 6.07) is 3.61. The molecule has 1 saturated carbocycles. The molecule has 92 valence electrons. The van der Waals surface area contributed by atoms with E-state index in [1.807, 2.05) is 0 Å². The van der Waals surface area contributed by atoms with Crippen LogP contribution in [0.2, 0.25) is 0 Å². The Morgan fingerprint density at radius 3 is 2.41 bits per heavy atom. The predicted octanol–water partition coefficient (Wildman–Crippen LogP) is 3.15. The summed E-state index contributed by atoms with van der Waals surface area (Å²) in [5.74, 6) is -2.65. The van der Waals surface area contributed by atoms with Gasteiger partial charge in [0, 0.05) is 0 Å². The summed E-state index contributed by atoms with van der Waals surface area (Å²) in [6.45, 7) is 0. The van der Waals surface area contributed by atoms with Gasteiger partial charge in [-0.15, -0.1) is 0 Å². The molecule has 1 aromatic carbocycles. The topological polar surface area (TPSA) is 37.3 Å². The van der Waals surface area contributed by atoms with Crippen molar-refractivity contribution >= 4 is 5.97 Å². The molecule has 17 heavy (non-hydrogen) atoms. The number of benzene rings is 1. The molecule has 0 aliphatic heterocycles. The van der Waals surface area contributed by atoms with E-state index in [0.29, 0.717) is 18.4 Å². The summed E-state index contributed by atoms with van der Waals surface area (Å²) < 4.78 is 25.8. The highest BCUT2D eigenvalue weighted by molar-refractivity contribution is 5.75. The second-order valence-corrected chi connectivity index (χ2v) is 4.72. The van der Waals surface area contributed by atoms with Gasteiger partial charge in [0.25, 0.3) is 0 Å². The van der Waals surface area contributed by atoms with Crippen LogP contribution in [0.3, 0.4) is 0 Å². The molecule has 2 rings (SSSR count). The van der Waals surface area contributed by atoms with Gasteiger partial charge in [0.05, 0.1) is 5.41 Å². The van der Waals surface area contributed by atoms with Crippen LogP contribution in [0.15, 0.2) is 18.2 Å². The minimum Gasteiger partial charge on any atom is -0.481 e. The van der Waals surface area contributed by atoms with Crippen LogP contribution >= 0.6 is 0 Å². The van der Waals surface area contributed by atoms with E-state index in [2.05, 4.69) is 0 Å². The zero-order valence-corrected chi connectivity index (χ0v) is 9.38. The molecule has 1 N–H and O–H groups in total. The minimum absolute atomic E-state index is 0.277. The second kappa shape index (κ2) is 4.43. The number of rotatable bonds is 3. The van der Waals surface area contributed by atoms with Gasteiger partial charge < -0.3 is 5.11 Å². The molecule has 1 aliphatic carbocycles. The van der Waals surface area contributed by atoms with Crippen LogP contribution in [0.5, 0.6) is 0 Å². The van der Waals surface area contributed by atoms with E-state index < -0.39 is 23.0 Å². The van der Waals surface area contributed by atoms with E-state index in [1.54, 1.807) is 0 Å². The van der Waals surface area contributed by atoms with E-state index in [1.165, 1.54) is 6.07 Å². The molecule has 1 aliphatic rings. The average molecular weight is 240 g/mol. The first-order valence-electron chi connectivity index (χ1n) is 5.71. The van der Waals surface area contributed by atoms with Crippen LogP contribution < -0.4 is 0 Å². The van der Waals surface area contributed by atoms with Crippen molar-refractivity contribution in [1.29, 1.82) is 0 Å². The Balaban J connectivity index is 2.23. The van der Waals surface area contributed by atoms with Crippen molar-refractivity contribution in [3.8, 4) is 0 Å². The van der Waals surface area contributed by atoms with Gasteiger partial charge in [-0.1, -0.05) is 18.9 Å². The number of carboxylic acid groups (broad SMARTS) is 1. The smallest absolute Gasteiger partial charge is 0.309 e. The Bertz CT molecular complexity index is 437. The normalized spacial score (nSPS) is 18.2. The third kappa shape index (κ3) is 2.30. The van der Waals surface area contributed by atoms with E-state index in [9.17, 15) is 18.7 Å². The summed E-state index contributed by atoms with van der Waals surface area (Å²) in [4.78, 5) is 11.3. The lowest BCUT2D eigenvalue weighted by molar-refractivity contribution is -0.148. The standard InChI is InChI=1S/C13H14F2O2/c14-10-4-3-9(7-11(10)15)8-13(12(16)17)5-1-2-6-13/h3-4,7H,1-2,5-6,8H2,(H,16,17). The number of carbonyl (C=O) groups is 1. The van der Waals surface area contributed by atoms with Gasteiger partial charge in [0.1, 0.15) is 0 Å². The van der Waals surface area contributed by atoms with Crippen LogP contribution in [0.4, 0.5) is 8.78 Å². The monoisotopic (exact) mass is 240 g/mol. The summed E-state index contributed by atoms with van der Waals surface area (Å²) in [6.07, 6.45) is 3.27. The molecule has 0 heterocycles. The SMILES string of the molecule is O=C(O)C1(Cc2ccc(F)c(F)c2)CCCC1. The maximum atomic E-state index is 13.1. The molecule has 0 spiro atoms. The quantitative estimate of drug-likeness (QED) is 0.881. The van der Waals surface area contributed by atoms with Gasteiger partial charge in [-0.05, 0) is 37.0 Å². The molecular weight excluding hydrogens is 226 g/mol. The van der Waals surface area contributed by atoms with Crippen molar-refractivity contribution in [2.45, 2.75) is 32.1 Å².